The van der Waals surface area contributed by atoms with E-state index < -0.39 is 40.2 Å². The molecule has 0 fully saturated rings. The standard InChI is InChI=1S/C22H32O5/c1-13(2)7-10-16-20(25)19(17(23)11-8-14(3)4)21(26)22(16,27)18(24)12-9-15(5)6/h7,9,14,16,26-27H,8,10-12H2,1-6H3/t16-,22-/m1/s1. The molecule has 1 rings (SSSR count). The summed E-state index contributed by atoms with van der Waals surface area (Å²) in [5.41, 5.74) is -0.955. The highest BCUT2D eigenvalue weighted by Gasteiger charge is 2.58. The Morgan fingerprint density at radius 1 is 1.11 bits per heavy atom. The average molecular weight is 376 g/mol. The van der Waals surface area contributed by atoms with Gasteiger partial charge in [0.1, 0.15) is 11.3 Å². The fraction of sp³-hybridized carbons (Fsp3) is 0.591. The molecule has 2 N–H and O–H groups in total. The molecule has 150 valence electrons. The van der Waals surface area contributed by atoms with E-state index in [9.17, 15) is 24.6 Å². The normalized spacial score (nSPS) is 22.2. The minimum atomic E-state index is -2.35. The number of hydrogen-bond acceptors (Lipinski definition) is 5. The van der Waals surface area contributed by atoms with Gasteiger partial charge in [-0.15, -0.1) is 0 Å². The van der Waals surface area contributed by atoms with Gasteiger partial charge in [-0.1, -0.05) is 37.1 Å². The average Bonchev–Trinajstić information content (AvgIpc) is 2.75. The van der Waals surface area contributed by atoms with Gasteiger partial charge in [0.25, 0.3) is 0 Å². The molecule has 0 aliphatic heterocycles. The fourth-order valence-corrected chi connectivity index (χ4v) is 3.06. The Balaban J connectivity index is 3.35. The molecule has 5 nitrogen and oxygen atoms in total. The van der Waals surface area contributed by atoms with Crippen LogP contribution >= 0.6 is 0 Å². The summed E-state index contributed by atoms with van der Waals surface area (Å²) < 4.78 is 0. The van der Waals surface area contributed by atoms with E-state index in [4.69, 9.17) is 0 Å². The van der Waals surface area contributed by atoms with Crippen LogP contribution in [0.15, 0.2) is 34.6 Å². The Kier molecular flexibility index (Phi) is 7.90. The second-order valence-corrected chi connectivity index (χ2v) is 8.19. The number of allylic oxidation sites excluding steroid dienone is 5. The smallest absolute Gasteiger partial charge is 0.191 e. The summed E-state index contributed by atoms with van der Waals surface area (Å²) in [6.45, 7) is 11.2. The summed E-state index contributed by atoms with van der Waals surface area (Å²) in [7, 11) is 0. The zero-order valence-corrected chi connectivity index (χ0v) is 17.3. The van der Waals surface area contributed by atoms with E-state index in [-0.39, 0.29) is 25.2 Å². The molecule has 27 heavy (non-hydrogen) atoms. The zero-order valence-electron chi connectivity index (χ0n) is 17.3. The molecule has 2 atom stereocenters. The third kappa shape index (κ3) is 5.25. The van der Waals surface area contributed by atoms with Crippen LogP contribution in [0, 0.1) is 11.8 Å². The molecule has 0 saturated carbocycles. The topological polar surface area (TPSA) is 91.7 Å². The van der Waals surface area contributed by atoms with E-state index in [0.29, 0.717) is 6.42 Å². The zero-order chi connectivity index (χ0) is 20.9. The Morgan fingerprint density at radius 3 is 2.15 bits per heavy atom. The third-order valence-electron chi connectivity index (χ3n) is 4.78. The van der Waals surface area contributed by atoms with E-state index in [0.717, 1.165) is 11.1 Å². The molecule has 0 heterocycles. The number of Topliss-reactive ketones (excluding diaryl/α,β-unsaturated/α-hetero) is 3. The van der Waals surface area contributed by atoms with Crippen LogP contribution in [-0.2, 0) is 14.4 Å². The van der Waals surface area contributed by atoms with Crippen molar-refractivity contribution in [2.24, 2.45) is 11.8 Å². The summed E-state index contributed by atoms with van der Waals surface area (Å²) in [6, 6.07) is 0. The lowest BCUT2D eigenvalue weighted by Crippen LogP contribution is -2.46. The minimum Gasteiger partial charge on any atom is -0.508 e. The highest BCUT2D eigenvalue weighted by Crippen LogP contribution is 2.41. The predicted molar refractivity (Wildman–Crippen MR) is 105 cm³/mol. The Labute approximate surface area is 161 Å². The first kappa shape index (κ1) is 23.0. The molecule has 0 bridgehead atoms. The first-order valence-electron chi connectivity index (χ1n) is 9.46. The molecule has 0 unspecified atom stereocenters. The van der Waals surface area contributed by atoms with Crippen LogP contribution in [0.1, 0.15) is 67.2 Å². The van der Waals surface area contributed by atoms with Gasteiger partial charge in [0.05, 0.1) is 5.92 Å². The van der Waals surface area contributed by atoms with E-state index in [1.165, 1.54) is 0 Å². The first-order valence-corrected chi connectivity index (χ1v) is 9.46. The number of ketones is 3. The van der Waals surface area contributed by atoms with Gasteiger partial charge in [0, 0.05) is 12.8 Å². The van der Waals surface area contributed by atoms with Gasteiger partial charge >= 0.3 is 0 Å². The second-order valence-electron chi connectivity index (χ2n) is 8.19. The van der Waals surface area contributed by atoms with Crippen molar-refractivity contribution >= 4 is 17.3 Å². The van der Waals surface area contributed by atoms with Crippen molar-refractivity contribution in [2.45, 2.75) is 72.8 Å². The predicted octanol–water partition coefficient (Wildman–Crippen LogP) is 4.02. The monoisotopic (exact) mass is 376 g/mol. The van der Waals surface area contributed by atoms with Crippen molar-refractivity contribution in [1.29, 1.82) is 0 Å². The van der Waals surface area contributed by atoms with Gasteiger partial charge in [-0.2, -0.15) is 0 Å². The maximum Gasteiger partial charge on any atom is 0.191 e. The van der Waals surface area contributed by atoms with Crippen LogP contribution in [0.5, 0.6) is 0 Å². The van der Waals surface area contributed by atoms with Crippen LogP contribution in [0.2, 0.25) is 0 Å². The molecule has 0 aromatic rings. The summed E-state index contributed by atoms with van der Waals surface area (Å²) in [4.78, 5) is 38.2. The van der Waals surface area contributed by atoms with Crippen LogP contribution < -0.4 is 0 Å². The molecular weight excluding hydrogens is 344 g/mol. The van der Waals surface area contributed by atoms with Gasteiger partial charge in [0.15, 0.2) is 23.0 Å². The Morgan fingerprint density at radius 2 is 1.67 bits per heavy atom. The summed E-state index contributed by atoms with van der Waals surface area (Å²) in [5, 5.41) is 21.7. The second kappa shape index (κ2) is 9.27. The van der Waals surface area contributed by atoms with Gasteiger partial charge in [-0.25, -0.2) is 0 Å². The molecule has 1 aliphatic carbocycles. The van der Waals surface area contributed by atoms with E-state index in [1.807, 2.05) is 41.5 Å². The third-order valence-corrected chi connectivity index (χ3v) is 4.78. The van der Waals surface area contributed by atoms with Gasteiger partial charge in [-0.3, -0.25) is 14.4 Å². The quantitative estimate of drug-likeness (QED) is 0.468. The number of carbonyl (C=O) groups is 3. The SMILES string of the molecule is CC(C)=CCC(=O)[C@@]1(O)C(O)=C(C(=O)CCC(C)C)C(=O)[C@H]1CC=C(C)C. The number of aliphatic hydroxyl groups is 2. The van der Waals surface area contributed by atoms with E-state index in [1.54, 1.807) is 12.2 Å². The van der Waals surface area contributed by atoms with E-state index in [2.05, 4.69) is 0 Å². The molecule has 0 saturated heterocycles. The molecule has 0 spiro atoms. The van der Waals surface area contributed by atoms with Crippen LogP contribution in [0.3, 0.4) is 0 Å². The Hall–Kier alpha value is -2.01. The molecule has 0 radical (unpaired) electrons. The lowest BCUT2D eigenvalue weighted by molar-refractivity contribution is -0.144. The summed E-state index contributed by atoms with van der Waals surface area (Å²) >= 11 is 0. The van der Waals surface area contributed by atoms with Crippen LogP contribution in [-0.4, -0.2) is 33.2 Å². The van der Waals surface area contributed by atoms with E-state index >= 15 is 0 Å². The van der Waals surface area contributed by atoms with Crippen molar-refractivity contribution in [1.82, 2.24) is 0 Å². The van der Waals surface area contributed by atoms with Crippen LogP contribution in [0.25, 0.3) is 0 Å². The van der Waals surface area contributed by atoms with Gasteiger partial charge in [-0.05, 0) is 46.5 Å². The number of aliphatic hydroxyl groups excluding tert-OH is 1. The van der Waals surface area contributed by atoms with Crippen molar-refractivity contribution in [3.05, 3.63) is 34.6 Å². The van der Waals surface area contributed by atoms with Gasteiger partial charge < -0.3 is 10.2 Å². The summed E-state index contributed by atoms with van der Waals surface area (Å²) in [5.74, 6) is -3.53. The number of hydrogen-bond donors (Lipinski definition) is 2. The largest absolute Gasteiger partial charge is 0.508 e. The Bertz CT molecular complexity index is 700. The molecule has 0 aromatic carbocycles. The van der Waals surface area contributed by atoms with Crippen LogP contribution in [0.4, 0.5) is 0 Å². The fourth-order valence-electron chi connectivity index (χ4n) is 3.06. The highest BCUT2D eigenvalue weighted by atomic mass is 16.3. The first-order chi connectivity index (χ1) is 12.4. The molecule has 1 aliphatic rings. The maximum atomic E-state index is 12.9. The molecular formula is C22H32O5. The molecule has 5 heteroatoms. The van der Waals surface area contributed by atoms with Crippen molar-refractivity contribution in [3.63, 3.8) is 0 Å². The highest BCUT2D eigenvalue weighted by molar-refractivity contribution is 6.26. The van der Waals surface area contributed by atoms with Crippen molar-refractivity contribution in [2.75, 3.05) is 0 Å². The number of carbonyl (C=O) groups excluding carboxylic acids is 3. The summed E-state index contributed by atoms with van der Waals surface area (Å²) in [6.07, 6.45) is 3.99. The number of rotatable bonds is 9. The lowest BCUT2D eigenvalue weighted by Gasteiger charge is -2.27. The van der Waals surface area contributed by atoms with Gasteiger partial charge in [0.2, 0.25) is 0 Å². The molecule has 0 aromatic heterocycles. The maximum absolute atomic E-state index is 12.9. The lowest BCUT2D eigenvalue weighted by atomic mass is 9.81. The van der Waals surface area contributed by atoms with Crippen molar-refractivity contribution in [3.8, 4) is 0 Å². The van der Waals surface area contributed by atoms with Crippen molar-refractivity contribution < 1.29 is 24.6 Å². The minimum absolute atomic E-state index is 0.0866. The molecule has 0 amide bonds.